The Labute approximate surface area is 131 Å². The van der Waals surface area contributed by atoms with E-state index in [1.807, 2.05) is 11.5 Å². The number of amides is 2. The number of primary amides is 1. The molecule has 0 aliphatic heterocycles. The largest absolute Gasteiger partial charge is 0.366 e. The lowest BCUT2D eigenvalue weighted by atomic mass is 10.2. The molecule has 0 fully saturated rings. The number of nitrogens with one attached hydrogen (secondary N) is 2. The highest BCUT2D eigenvalue weighted by molar-refractivity contribution is 6.03. The van der Waals surface area contributed by atoms with Crippen LogP contribution in [0.15, 0.2) is 30.5 Å². The van der Waals surface area contributed by atoms with Crippen LogP contribution in [0.25, 0.3) is 11.0 Å². The van der Waals surface area contributed by atoms with Gasteiger partial charge < -0.3 is 10.3 Å². The van der Waals surface area contributed by atoms with Gasteiger partial charge in [0.1, 0.15) is 5.69 Å². The molecule has 0 saturated carbocycles. The highest BCUT2D eigenvalue weighted by Gasteiger charge is 2.15. The molecule has 2 aromatic heterocycles. The van der Waals surface area contributed by atoms with Crippen molar-refractivity contribution in [2.45, 2.75) is 19.9 Å². The second-order valence-corrected chi connectivity index (χ2v) is 5.08. The Morgan fingerprint density at radius 2 is 2.17 bits per heavy atom. The summed E-state index contributed by atoms with van der Waals surface area (Å²) in [4.78, 5) is 27.9. The summed E-state index contributed by atoms with van der Waals surface area (Å²) >= 11 is 0. The van der Waals surface area contributed by atoms with Gasteiger partial charge in [0.25, 0.3) is 5.91 Å². The van der Waals surface area contributed by atoms with Gasteiger partial charge in [0.15, 0.2) is 0 Å². The minimum Gasteiger partial charge on any atom is -0.366 e. The number of rotatable bonds is 5. The van der Waals surface area contributed by atoms with Crippen LogP contribution in [0.4, 0.5) is 5.95 Å². The molecule has 2 heterocycles. The lowest BCUT2D eigenvalue weighted by Crippen LogP contribution is -2.16. The second-order valence-electron chi connectivity index (χ2n) is 5.08. The van der Waals surface area contributed by atoms with Gasteiger partial charge in [-0.3, -0.25) is 20.0 Å². The lowest BCUT2D eigenvalue weighted by molar-refractivity contribution is 0.0997. The zero-order valence-corrected chi connectivity index (χ0v) is 12.5. The number of anilines is 1. The van der Waals surface area contributed by atoms with Crippen LogP contribution in [0.5, 0.6) is 0 Å². The highest BCUT2D eigenvalue weighted by atomic mass is 16.2. The lowest BCUT2D eigenvalue weighted by Gasteiger charge is -2.08. The Balaban J connectivity index is 2.02. The predicted octanol–water partition coefficient (Wildman–Crippen LogP) is 1.52. The molecule has 0 aliphatic carbocycles. The Morgan fingerprint density at radius 3 is 2.83 bits per heavy atom. The third-order valence-corrected chi connectivity index (χ3v) is 3.45. The molecule has 1 aromatic carbocycles. The summed E-state index contributed by atoms with van der Waals surface area (Å²) in [6.45, 7) is 2.72. The van der Waals surface area contributed by atoms with Crippen molar-refractivity contribution in [2.24, 2.45) is 5.73 Å². The number of carbonyl (C=O) groups is 2. The van der Waals surface area contributed by atoms with Gasteiger partial charge in [-0.15, -0.1) is 0 Å². The molecule has 0 radical (unpaired) electrons. The summed E-state index contributed by atoms with van der Waals surface area (Å²) in [5.41, 5.74) is 7.46. The van der Waals surface area contributed by atoms with Gasteiger partial charge in [0.2, 0.25) is 11.9 Å². The maximum Gasteiger partial charge on any atom is 0.275 e. The molecule has 3 aromatic rings. The molecule has 23 heavy (non-hydrogen) atoms. The Hall–Kier alpha value is -3.16. The average Bonchev–Trinajstić information content (AvgIpc) is 3.16. The number of hydrogen-bond donors (Lipinski definition) is 3. The van der Waals surface area contributed by atoms with Gasteiger partial charge in [-0.05, 0) is 30.7 Å². The van der Waals surface area contributed by atoms with Crippen molar-refractivity contribution >= 4 is 28.8 Å². The number of nitrogens with two attached hydrogens (primary N) is 1. The van der Waals surface area contributed by atoms with E-state index >= 15 is 0 Å². The van der Waals surface area contributed by atoms with E-state index < -0.39 is 5.91 Å². The topological polar surface area (TPSA) is 119 Å². The summed E-state index contributed by atoms with van der Waals surface area (Å²) in [7, 11) is 0. The van der Waals surface area contributed by atoms with Crippen LogP contribution in [0, 0.1) is 0 Å². The van der Waals surface area contributed by atoms with Crippen molar-refractivity contribution in [3.63, 3.8) is 0 Å². The molecule has 2 amide bonds. The minimum atomic E-state index is -0.514. The highest BCUT2D eigenvalue weighted by Crippen LogP contribution is 2.22. The van der Waals surface area contributed by atoms with Crippen molar-refractivity contribution in [3.05, 3.63) is 41.7 Å². The maximum absolute atomic E-state index is 12.2. The molecular weight excluding hydrogens is 296 g/mol. The van der Waals surface area contributed by atoms with Crippen LogP contribution < -0.4 is 11.1 Å². The van der Waals surface area contributed by atoms with Crippen molar-refractivity contribution in [1.82, 2.24) is 19.7 Å². The molecule has 0 saturated heterocycles. The fourth-order valence-corrected chi connectivity index (χ4v) is 2.38. The molecule has 0 atom stereocenters. The first kappa shape index (κ1) is 14.8. The summed E-state index contributed by atoms with van der Waals surface area (Å²) in [5, 5.41) is 9.12. The quantitative estimate of drug-likeness (QED) is 0.661. The molecule has 0 aliphatic rings. The first-order chi connectivity index (χ1) is 11.1. The zero-order chi connectivity index (χ0) is 16.4. The molecule has 0 unspecified atom stereocenters. The number of hydrogen-bond acceptors (Lipinski definition) is 4. The van der Waals surface area contributed by atoms with Gasteiger partial charge in [0, 0.05) is 18.3 Å². The van der Waals surface area contributed by atoms with Gasteiger partial charge in [-0.25, -0.2) is 4.98 Å². The number of benzene rings is 1. The molecule has 8 nitrogen and oxygen atoms in total. The molecule has 8 heteroatoms. The number of aromatic nitrogens is 4. The summed E-state index contributed by atoms with van der Waals surface area (Å²) < 4.78 is 1.90. The molecule has 0 bridgehead atoms. The molecule has 4 N–H and O–H groups in total. The second kappa shape index (κ2) is 5.91. The summed E-state index contributed by atoms with van der Waals surface area (Å²) in [6, 6.07) is 6.63. The number of nitrogens with zero attached hydrogens (tertiary/aromatic N) is 3. The fraction of sp³-hybridized carbons (Fsp3) is 0.200. The minimum absolute atomic E-state index is 0.328. The molecule has 0 spiro atoms. The number of carbonyl (C=O) groups excluding carboxylic acids is 2. The Morgan fingerprint density at radius 1 is 1.35 bits per heavy atom. The van der Waals surface area contributed by atoms with Crippen LogP contribution in [0.2, 0.25) is 0 Å². The third-order valence-electron chi connectivity index (χ3n) is 3.45. The van der Waals surface area contributed by atoms with E-state index in [0.717, 1.165) is 11.9 Å². The van der Waals surface area contributed by atoms with Crippen molar-refractivity contribution < 1.29 is 9.59 Å². The van der Waals surface area contributed by atoms with Crippen LogP contribution in [-0.2, 0) is 6.54 Å². The van der Waals surface area contributed by atoms with Crippen LogP contribution in [0.3, 0.4) is 0 Å². The van der Waals surface area contributed by atoms with E-state index in [1.165, 1.54) is 6.20 Å². The number of aryl methyl sites for hydroxylation is 1. The first-order valence-corrected chi connectivity index (χ1v) is 7.21. The van der Waals surface area contributed by atoms with Gasteiger partial charge in [-0.2, -0.15) is 5.10 Å². The number of H-pyrrole nitrogens is 1. The van der Waals surface area contributed by atoms with Crippen LogP contribution >= 0.6 is 0 Å². The normalized spacial score (nSPS) is 10.8. The third kappa shape index (κ3) is 2.78. The van der Waals surface area contributed by atoms with E-state index in [2.05, 4.69) is 20.5 Å². The standard InChI is InChI=1S/C15H16N6O2/c1-2-7-21-12-4-3-9(13(16)22)8-11(12)18-15(21)19-14(23)10-5-6-17-20-10/h3-6,8H,2,7H2,1H3,(H2,16,22)(H,17,20)(H,18,19,23). The van der Waals surface area contributed by atoms with Gasteiger partial charge >= 0.3 is 0 Å². The average molecular weight is 312 g/mol. The van der Waals surface area contributed by atoms with Gasteiger partial charge in [0.05, 0.1) is 11.0 Å². The Kier molecular flexibility index (Phi) is 3.80. The van der Waals surface area contributed by atoms with E-state index in [9.17, 15) is 9.59 Å². The van der Waals surface area contributed by atoms with Crippen molar-refractivity contribution in [2.75, 3.05) is 5.32 Å². The monoisotopic (exact) mass is 312 g/mol. The van der Waals surface area contributed by atoms with E-state index in [0.29, 0.717) is 29.3 Å². The molecular formula is C15H16N6O2. The van der Waals surface area contributed by atoms with E-state index in [-0.39, 0.29) is 5.91 Å². The Bertz CT molecular complexity index is 866. The van der Waals surface area contributed by atoms with E-state index in [4.69, 9.17) is 5.73 Å². The number of imidazole rings is 1. The SMILES string of the molecule is CCCn1c(NC(=O)c2ccn[nH]2)nc2cc(C(N)=O)ccc21. The predicted molar refractivity (Wildman–Crippen MR) is 85.1 cm³/mol. The number of aromatic amines is 1. The fourth-order valence-electron chi connectivity index (χ4n) is 2.38. The maximum atomic E-state index is 12.2. The molecule has 3 rings (SSSR count). The summed E-state index contributed by atoms with van der Waals surface area (Å²) in [5.74, 6) is -0.423. The van der Waals surface area contributed by atoms with Crippen LogP contribution in [-0.4, -0.2) is 31.6 Å². The van der Waals surface area contributed by atoms with Gasteiger partial charge in [-0.1, -0.05) is 6.92 Å². The zero-order valence-electron chi connectivity index (χ0n) is 12.5. The van der Waals surface area contributed by atoms with E-state index in [1.54, 1.807) is 24.3 Å². The smallest absolute Gasteiger partial charge is 0.275 e. The number of fused-ring (bicyclic) bond motifs is 1. The van der Waals surface area contributed by atoms with Crippen LogP contribution in [0.1, 0.15) is 34.2 Å². The molecule has 118 valence electrons. The van der Waals surface area contributed by atoms with Crippen molar-refractivity contribution in [3.8, 4) is 0 Å². The summed E-state index contributed by atoms with van der Waals surface area (Å²) in [6.07, 6.45) is 2.37. The first-order valence-electron chi connectivity index (χ1n) is 7.21. The van der Waals surface area contributed by atoms with Crippen molar-refractivity contribution in [1.29, 1.82) is 0 Å².